The van der Waals surface area contributed by atoms with Crippen LogP contribution < -0.4 is 11.1 Å². The van der Waals surface area contributed by atoms with Gasteiger partial charge in [-0.2, -0.15) is 0 Å². The minimum Gasteiger partial charge on any atom is -0.329 e. The Kier molecular flexibility index (Phi) is 3.35. The van der Waals surface area contributed by atoms with E-state index >= 15 is 0 Å². The molecular weight excluding hydrogens is 258 g/mol. The number of hydrogen-bond acceptors (Lipinski definition) is 4. The van der Waals surface area contributed by atoms with Crippen molar-refractivity contribution in [1.82, 2.24) is 4.90 Å². The maximum Gasteiger partial charge on any atom is 0.261 e. The van der Waals surface area contributed by atoms with E-state index in [1.165, 1.54) is 13.1 Å². The van der Waals surface area contributed by atoms with Crippen LogP contribution >= 0.6 is 0 Å². The third-order valence-electron chi connectivity index (χ3n) is 3.47. The number of carbonyl (C=O) groups is 3. The molecule has 0 fully saturated rings. The second-order valence-electron chi connectivity index (χ2n) is 5.47. The summed E-state index contributed by atoms with van der Waals surface area (Å²) in [5.41, 5.74) is 5.98. The van der Waals surface area contributed by atoms with E-state index < -0.39 is 5.41 Å². The van der Waals surface area contributed by atoms with Gasteiger partial charge in [0, 0.05) is 19.3 Å². The Bertz CT molecular complexity index is 608. The highest BCUT2D eigenvalue weighted by Crippen LogP contribution is 2.25. The minimum absolute atomic E-state index is 0.212. The van der Waals surface area contributed by atoms with Gasteiger partial charge in [-0.25, -0.2) is 0 Å². The molecule has 2 rings (SSSR count). The predicted molar refractivity (Wildman–Crippen MR) is 74.3 cm³/mol. The van der Waals surface area contributed by atoms with Crippen molar-refractivity contribution in [1.29, 1.82) is 0 Å². The molecule has 6 nitrogen and oxygen atoms in total. The van der Waals surface area contributed by atoms with E-state index in [4.69, 9.17) is 5.73 Å². The fraction of sp³-hybridized carbons (Fsp3) is 0.357. The van der Waals surface area contributed by atoms with Crippen LogP contribution in [0.2, 0.25) is 0 Å². The molecule has 0 spiro atoms. The summed E-state index contributed by atoms with van der Waals surface area (Å²) in [6, 6.07) is 4.67. The lowest BCUT2D eigenvalue weighted by atomic mass is 9.92. The van der Waals surface area contributed by atoms with Gasteiger partial charge in [0.1, 0.15) is 0 Å². The van der Waals surface area contributed by atoms with Gasteiger partial charge in [-0.15, -0.1) is 0 Å². The van der Waals surface area contributed by atoms with E-state index in [1.54, 1.807) is 26.0 Å². The van der Waals surface area contributed by atoms with E-state index in [-0.39, 0.29) is 24.3 Å². The van der Waals surface area contributed by atoms with Gasteiger partial charge >= 0.3 is 0 Å². The van der Waals surface area contributed by atoms with Crippen LogP contribution in [0.25, 0.3) is 0 Å². The minimum atomic E-state index is -0.699. The maximum atomic E-state index is 12.0. The van der Waals surface area contributed by atoms with Gasteiger partial charge in [-0.3, -0.25) is 19.3 Å². The van der Waals surface area contributed by atoms with Crippen molar-refractivity contribution in [2.45, 2.75) is 13.8 Å². The lowest BCUT2D eigenvalue weighted by molar-refractivity contribution is -0.123. The SMILES string of the molecule is CN1C(=O)c2ccc(NC(=O)C(C)(C)CN)cc2C1=O. The van der Waals surface area contributed by atoms with E-state index in [2.05, 4.69) is 5.32 Å². The Morgan fingerprint density at radius 2 is 1.85 bits per heavy atom. The first-order valence-corrected chi connectivity index (χ1v) is 6.26. The lowest BCUT2D eigenvalue weighted by Crippen LogP contribution is -2.37. The second kappa shape index (κ2) is 4.72. The summed E-state index contributed by atoms with van der Waals surface area (Å²) in [6.07, 6.45) is 0. The van der Waals surface area contributed by atoms with Crippen LogP contribution in [0, 0.1) is 5.41 Å². The molecule has 0 aromatic heterocycles. The molecule has 0 bridgehead atoms. The topological polar surface area (TPSA) is 92.5 Å². The van der Waals surface area contributed by atoms with Crippen LogP contribution in [0.1, 0.15) is 34.6 Å². The molecule has 1 aliphatic rings. The summed E-state index contributed by atoms with van der Waals surface area (Å²) in [6.45, 7) is 3.68. The van der Waals surface area contributed by atoms with Crippen LogP contribution in [-0.4, -0.2) is 36.2 Å². The number of nitrogens with two attached hydrogens (primary N) is 1. The van der Waals surface area contributed by atoms with Crippen LogP contribution in [-0.2, 0) is 4.79 Å². The van der Waals surface area contributed by atoms with Crippen molar-refractivity contribution in [2.75, 3.05) is 18.9 Å². The summed E-state index contributed by atoms with van der Waals surface area (Å²) in [5.74, 6) is -0.922. The molecule has 6 heteroatoms. The number of amides is 3. The van der Waals surface area contributed by atoms with E-state index in [9.17, 15) is 14.4 Å². The van der Waals surface area contributed by atoms with Crippen molar-refractivity contribution in [2.24, 2.45) is 11.1 Å². The molecule has 0 radical (unpaired) electrons. The maximum absolute atomic E-state index is 12.0. The average molecular weight is 275 g/mol. The third kappa shape index (κ3) is 2.18. The monoisotopic (exact) mass is 275 g/mol. The molecule has 1 heterocycles. The van der Waals surface area contributed by atoms with Crippen molar-refractivity contribution in [3.8, 4) is 0 Å². The predicted octanol–water partition coefficient (Wildman–Crippen LogP) is 0.836. The molecule has 0 saturated heterocycles. The first-order valence-electron chi connectivity index (χ1n) is 6.26. The largest absolute Gasteiger partial charge is 0.329 e. The summed E-state index contributed by atoms with van der Waals surface area (Å²) >= 11 is 0. The summed E-state index contributed by atoms with van der Waals surface area (Å²) in [5, 5.41) is 2.71. The number of benzene rings is 1. The Labute approximate surface area is 116 Å². The number of nitrogens with one attached hydrogen (secondary N) is 1. The molecule has 3 N–H and O–H groups in total. The van der Waals surface area contributed by atoms with Crippen LogP contribution in [0.15, 0.2) is 18.2 Å². The average Bonchev–Trinajstić information content (AvgIpc) is 2.63. The number of hydrogen-bond donors (Lipinski definition) is 2. The third-order valence-corrected chi connectivity index (χ3v) is 3.47. The highest BCUT2D eigenvalue weighted by atomic mass is 16.2. The zero-order valence-corrected chi connectivity index (χ0v) is 11.7. The van der Waals surface area contributed by atoms with Gasteiger partial charge in [-0.1, -0.05) is 0 Å². The smallest absolute Gasteiger partial charge is 0.261 e. The van der Waals surface area contributed by atoms with E-state index in [0.717, 1.165) is 4.90 Å². The molecule has 0 atom stereocenters. The Morgan fingerprint density at radius 3 is 2.45 bits per heavy atom. The molecular formula is C14H17N3O3. The number of carbonyl (C=O) groups excluding carboxylic acids is 3. The number of imide groups is 1. The fourth-order valence-corrected chi connectivity index (χ4v) is 1.83. The molecule has 0 unspecified atom stereocenters. The van der Waals surface area contributed by atoms with E-state index in [1.807, 2.05) is 0 Å². The van der Waals surface area contributed by atoms with E-state index in [0.29, 0.717) is 16.8 Å². The van der Waals surface area contributed by atoms with Gasteiger partial charge in [-0.05, 0) is 32.0 Å². The number of nitrogens with zero attached hydrogens (tertiary/aromatic N) is 1. The van der Waals surface area contributed by atoms with Crippen molar-refractivity contribution in [3.05, 3.63) is 29.3 Å². The highest BCUT2D eigenvalue weighted by molar-refractivity contribution is 6.21. The Morgan fingerprint density at radius 1 is 1.25 bits per heavy atom. The second-order valence-corrected chi connectivity index (χ2v) is 5.47. The molecule has 3 amide bonds. The first kappa shape index (κ1) is 14.2. The quantitative estimate of drug-likeness (QED) is 0.799. The number of rotatable bonds is 3. The lowest BCUT2D eigenvalue weighted by Gasteiger charge is -2.21. The molecule has 20 heavy (non-hydrogen) atoms. The zero-order valence-electron chi connectivity index (χ0n) is 11.7. The zero-order chi connectivity index (χ0) is 15.1. The van der Waals surface area contributed by atoms with Gasteiger partial charge in [0.25, 0.3) is 11.8 Å². The van der Waals surface area contributed by atoms with Gasteiger partial charge < -0.3 is 11.1 Å². The first-order chi connectivity index (χ1) is 9.27. The van der Waals surface area contributed by atoms with Crippen LogP contribution in [0.5, 0.6) is 0 Å². The highest BCUT2D eigenvalue weighted by Gasteiger charge is 2.33. The standard InChI is InChI=1S/C14H17N3O3/c1-14(2,7-15)13(20)16-8-4-5-9-10(6-8)12(19)17(3)11(9)18/h4-6H,7,15H2,1-3H3,(H,16,20). The normalized spacial score (nSPS) is 14.5. The molecule has 1 aromatic rings. The summed E-state index contributed by atoms with van der Waals surface area (Å²) < 4.78 is 0. The summed E-state index contributed by atoms with van der Waals surface area (Å²) in [4.78, 5) is 36.7. The van der Waals surface area contributed by atoms with Crippen molar-refractivity contribution < 1.29 is 14.4 Å². The Hall–Kier alpha value is -2.21. The molecule has 0 saturated carbocycles. The van der Waals surface area contributed by atoms with Gasteiger partial charge in [0.15, 0.2) is 0 Å². The molecule has 1 aromatic carbocycles. The Balaban J connectivity index is 2.28. The molecule has 1 aliphatic heterocycles. The van der Waals surface area contributed by atoms with Gasteiger partial charge in [0.05, 0.1) is 16.5 Å². The summed E-state index contributed by atoms with van der Waals surface area (Å²) in [7, 11) is 1.43. The number of fused-ring (bicyclic) bond motifs is 1. The van der Waals surface area contributed by atoms with Crippen LogP contribution in [0.3, 0.4) is 0 Å². The van der Waals surface area contributed by atoms with Gasteiger partial charge in [0.2, 0.25) is 5.91 Å². The van der Waals surface area contributed by atoms with Crippen molar-refractivity contribution >= 4 is 23.4 Å². The number of anilines is 1. The van der Waals surface area contributed by atoms with Crippen LogP contribution in [0.4, 0.5) is 5.69 Å². The molecule has 0 aliphatic carbocycles. The van der Waals surface area contributed by atoms with Crippen molar-refractivity contribution in [3.63, 3.8) is 0 Å². The molecule has 106 valence electrons. The fourth-order valence-electron chi connectivity index (χ4n) is 1.83.